The highest BCUT2D eigenvalue weighted by Crippen LogP contribution is 2.32. The molecular formula is C19H18F4N4O. The normalized spacial score (nSPS) is 11.6. The summed E-state index contributed by atoms with van der Waals surface area (Å²) in [5.41, 5.74) is 1.17. The van der Waals surface area contributed by atoms with E-state index >= 15 is 0 Å². The molecule has 0 fully saturated rings. The van der Waals surface area contributed by atoms with Gasteiger partial charge in [0.1, 0.15) is 12.2 Å². The molecule has 0 spiro atoms. The Morgan fingerprint density at radius 2 is 1.68 bits per heavy atom. The third-order valence-electron chi connectivity index (χ3n) is 4.19. The Morgan fingerprint density at radius 3 is 2.25 bits per heavy atom. The standard InChI is InChI=1S/C19H18F4N4O/c1-9-4-10(2)6-12(5-9)24-15(28)8-27-19-16(11(3)26-27)13(17(20)21)7-14(25-19)18(22)23/h4-7,17-18H,8H2,1-3H3,(H,24,28). The molecular weight excluding hydrogens is 376 g/mol. The molecule has 1 amide bonds. The minimum atomic E-state index is -3.02. The quantitative estimate of drug-likeness (QED) is 0.628. The molecule has 28 heavy (non-hydrogen) atoms. The van der Waals surface area contributed by atoms with Crippen LogP contribution in [0.4, 0.5) is 23.2 Å². The molecule has 0 aliphatic heterocycles. The van der Waals surface area contributed by atoms with E-state index in [2.05, 4.69) is 15.4 Å². The lowest BCUT2D eigenvalue weighted by Crippen LogP contribution is -2.20. The molecule has 3 aromatic rings. The molecule has 0 radical (unpaired) electrons. The molecule has 0 bridgehead atoms. The fourth-order valence-corrected chi connectivity index (χ4v) is 3.18. The van der Waals surface area contributed by atoms with Gasteiger partial charge in [-0.1, -0.05) is 6.07 Å². The summed E-state index contributed by atoms with van der Waals surface area (Å²) < 4.78 is 54.0. The molecule has 148 valence electrons. The van der Waals surface area contributed by atoms with Crippen LogP contribution in [-0.4, -0.2) is 20.7 Å². The highest BCUT2D eigenvalue weighted by atomic mass is 19.3. The molecule has 0 aliphatic carbocycles. The summed E-state index contributed by atoms with van der Waals surface area (Å²) in [7, 11) is 0. The second-order valence-electron chi connectivity index (χ2n) is 6.60. The highest BCUT2D eigenvalue weighted by Gasteiger charge is 2.23. The lowest BCUT2D eigenvalue weighted by molar-refractivity contribution is -0.116. The number of amides is 1. The van der Waals surface area contributed by atoms with Gasteiger partial charge in [0.2, 0.25) is 5.91 Å². The first-order valence-corrected chi connectivity index (χ1v) is 8.48. The Hall–Kier alpha value is -2.97. The average molecular weight is 394 g/mol. The second kappa shape index (κ2) is 7.57. The number of hydrogen-bond donors (Lipinski definition) is 1. The van der Waals surface area contributed by atoms with Crippen molar-refractivity contribution in [3.63, 3.8) is 0 Å². The molecule has 1 N–H and O–H groups in total. The van der Waals surface area contributed by atoms with Crippen molar-refractivity contribution in [2.45, 2.75) is 40.2 Å². The van der Waals surface area contributed by atoms with Crippen LogP contribution in [0, 0.1) is 20.8 Å². The van der Waals surface area contributed by atoms with E-state index in [1.54, 1.807) is 12.1 Å². The van der Waals surface area contributed by atoms with Crippen molar-refractivity contribution in [3.8, 4) is 0 Å². The zero-order valence-electron chi connectivity index (χ0n) is 15.4. The SMILES string of the molecule is Cc1cc(C)cc(NC(=O)Cn2nc(C)c3c(C(F)F)cc(C(F)F)nc32)c1. The third-order valence-corrected chi connectivity index (χ3v) is 4.19. The van der Waals surface area contributed by atoms with E-state index in [0.717, 1.165) is 15.8 Å². The van der Waals surface area contributed by atoms with Crippen LogP contribution in [0.5, 0.6) is 0 Å². The van der Waals surface area contributed by atoms with Crippen LogP contribution in [0.1, 0.15) is 40.9 Å². The van der Waals surface area contributed by atoms with Crippen molar-refractivity contribution < 1.29 is 22.4 Å². The number of fused-ring (bicyclic) bond motifs is 1. The largest absolute Gasteiger partial charge is 0.324 e. The van der Waals surface area contributed by atoms with Crippen molar-refractivity contribution in [2.24, 2.45) is 0 Å². The van der Waals surface area contributed by atoms with E-state index in [1.165, 1.54) is 6.92 Å². The number of hydrogen-bond acceptors (Lipinski definition) is 3. The number of benzene rings is 1. The van der Waals surface area contributed by atoms with Gasteiger partial charge in [-0.25, -0.2) is 27.2 Å². The van der Waals surface area contributed by atoms with Gasteiger partial charge < -0.3 is 5.32 Å². The molecule has 1 aromatic carbocycles. The van der Waals surface area contributed by atoms with Gasteiger partial charge >= 0.3 is 0 Å². The second-order valence-corrected chi connectivity index (χ2v) is 6.60. The minimum Gasteiger partial charge on any atom is -0.324 e. The molecule has 9 heteroatoms. The Morgan fingerprint density at radius 1 is 1.04 bits per heavy atom. The summed E-state index contributed by atoms with van der Waals surface area (Å²) in [6.07, 6.45) is -5.99. The smallest absolute Gasteiger partial charge is 0.280 e. The van der Waals surface area contributed by atoms with Crippen LogP contribution in [-0.2, 0) is 11.3 Å². The van der Waals surface area contributed by atoms with Gasteiger partial charge in [0, 0.05) is 11.3 Å². The predicted molar refractivity (Wildman–Crippen MR) is 96.7 cm³/mol. The Labute approximate surface area is 158 Å². The maximum Gasteiger partial charge on any atom is 0.280 e. The van der Waals surface area contributed by atoms with E-state index in [9.17, 15) is 22.4 Å². The maximum absolute atomic E-state index is 13.4. The van der Waals surface area contributed by atoms with Crippen molar-refractivity contribution in [1.29, 1.82) is 0 Å². The number of anilines is 1. The molecule has 2 aromatic heterocycles. The number of nitrogens with one attached hydrogen (secondary N) is 1. The number of aromatic nitrogens is 3. The van der Waals surface area contributed by atoms with Crippen molar-refractivity contribution in [1.82, 2.24) is 14.8 Å². The number of carbonyl (C=O) groups is 1. The van der Waals surface area contributed by atoms with Gasteiger partial charge in [-0.05, 0) is 50.1 Å². The van der Waals surface area contributed by atoms with Gasteiger partial charge in [-0.15, -0.1) is 0 Å². The van der Waals surface area contributed by atoms with Crippen LogP contribution in [0.3, 0.4) is 0 Å². The molecule has 0 unspecified atom stereocenters. The number of pyridine rings is 1. The summed E-state index contributed by atoms with van der Waals surface area (Å²) in [6.45, 7) is 4.89. The summed E-state index contributed by atoms with van der Waals surface area (Å²) >= 11 is 0. The average Bonchev–Trinajstić information content (AvgIpc) is 2.88. The molecule has 5 nitrogen and oxygen atoms in total. The number of rotatable bonds is 5. The van der Waals surface area contributed by atoms with E-state index in [0.29, 0.717) is 11.8 Å². The molecule has 2 heterocycles. The summed E-state index contributed by atoms with van der Waals surface area (Å²) in [6, 6.07) is 6.19. The molecule has 3 rings (SSSR count). The number of nitrogens with zero attached hydrogens (tertiary/aromatic N) is 3. The van der Waals surface area contributed by atoms with Crippen LogP contribution in [0.25, 0.3) is 11.0 Å². The first kappa shape index (κ1) is 19.8. The topological polar surface area (TPSA) is 59.8 Å². The summed E-state index contributed by atoms with van der Waals surface area (Å²) in [4.78, 5) is 16.2. The molecule has 0 aliphatic rings. The van der Waals surface area contributed by atoms with Crippen LogP contribution >= 0.6 is 0 Å². The van der Waals surface area contributed by atoms with Gasteiger partial charge in [0.25, 0.3) is 12.9 Å². The van der Waals surface area contributed by atoms with E-state index in [4.69, 9.17) is 0 Å². The van der Waals surface area contributed by atoms with E-state index in [-0.39, 0.29) is 23.3 Å². The lowest BCUT2D eigenvalue weighted by atomic mass is 10.1. The number of aryl methyl sites for hydroxylation is 3. The number of alkyl halides is 4. The van der Waals surface area contributed by atoms with Crippen molar-refractivity contribution in [3.05, 3.63) is 52.3 Å². The van der Waals surface area contributed by atoms with Gasteiger partial charge in [0.15, 0.2) is 5.65 Å². The lowest BCUT2D eigenvalue weighted by Gasteiger charge is -2.09. The van der Waals surface area contributed by atoms with Crippen LogP contribution in [0.2, 0.25) is 0 Å². The zero-order valence-corrected chi connectivity index (χ0v) is 15.4. The predicted octanol–water partition coefficient (Wildman–Crippen LogP) is 4.87. The number of halogens is 4. The van der Waals surface area contributed by atoms with Crippen molar-refractivity contribution >= 4 is 22.6 Å². The van der Waals surface area contributed by atoms with Gasteiger partial charge in [0.05, 0.1) is 11.1 Å². The first-order valence-electron chi connectivity index (χ1n) is 8.48. The fourth-order valence-electron chi connectivity index (χ4n) is 3.18. The highest BCUT2D eigenvalue weighted by molar-refractivity contribution is 5.92. The van der Waals surface area contributed by atoms with Crippen molar-refractivity contribution in [2.75, 3.05) is 5.32 Å². The first-order chi connectivity index (χ1) is 13.2. The summed E-state index contributed by atoms with van der Waals surface area (Å²) in [5.74, 6) is -0.475. The van der Waals surface area contributed by atoms with Crippen LogP contribution < -0.4 is 5.32 Å². The Bertz CT molecular complexity index is 1030. The third kappa shape index (κ3) is 3.97. The molecule has 0 atom stereocenters. The Kier molecular flexibility index (Phi) is 5.35. The monoisotopic (exact) mass is 394 g/mol. The fraction of sp³-hybridized carbons (Fsp3) is 0.316. The molecule has 0 saturated carbocycles. The zero-order chi connectivity index (χ0) is 20.6. The summed E-state index contributed by atoms with van der Waals surface area (Å²) in [5, 5.41) is 6.75. The van der Waals surface area contributed by atoms with E-state index < -0.39 is 30.0 Å². The number of carbonyl (C=O) groups excluding carboxylic acids is 1. The van der Waals surface area contributed by atoms with E-state index in [1.807, 2.05) is 19.9 Å². The van der Waals surface area contributed by atoms with Gasteiger partial charge in [-0.3, -0.25) is 4.79 Å². The Balaban J connectivity index is 1.97. The van der Waals surface area contributed by atoms with Crippen LogP contribution in [0.15, 0.2) is 24.3 Å². The molecule has 0 saturated heterocycles. The minimum absolute atomic E-state index is 0.0152. The van der Waals surface area contributed by atoms with Gasteiger partial charge in [-0.2, -0.15) is 5.10 Å². The maximum atomic E-state index is 13.4.